The van der Waals surface area contributed by atoms with E-state index < -0.39 is 23.5 Å². The van der Waals surface area contributed by atoms with Crippen LogP contribution >= 0.6 is 0 Å². The summed E-state index contributed by atoms with van der Waals surface area (Å²) in [4.78, 5) is 3.48. The summed E-state index contributed by atoms with van der Waals surface area (Å²) >= 11 is 0. The monoisotopic (exact) mass is 321 g/mol. The van der Waals surface area contributed by atoms with E-state index in [1.165, 1.54) is 7.11 Å². The van der Waals surface area contributed by atoms with E-state index in [1.54, 1.807) is 0 Å². The number of alkyl halides is 6. The van der Waals surface area contributed by atoms with Crippen molar-refractivity contribution in [3.05, 3.63) is 47.7 Å². The minimum atomic E-state index is -4.68. The van der Waals surface area contributed by atoms with Crippen LogP contribution < -0.4 is 4.74 Å². The third-order valence-electron chi connectivity index (χ3n) is 2.92. The molecule has 22 heavy (non-hydrogen) atoms. The van der Waals surface area contributed by atoms with Gasteiger partial charge in [-0.25, -0.2) is 4.98 Å². The SMILES string of the molecule is COc1cc(-c2ccc(C(F)(F)F)cc2)c(C(F)(F)F)cn1. The average molecular weight is 321 g/mol. The van der Waals surface area contributed by atoms with Gasteiger partial charge in [-0.2, -0.15) is 26.3 Å². The number of methoxy groups -OCH3 is 1. The predicted octanol–water partition coefficient (Wildman–Crippen LogP) is 4.79. The van der Waals surface area contributed by atoms with Gasteiger partial charge in [0.05, 0.1) is 18.2 Å². The Morgan fingerprint density at radius 1 is 0.909 bits per heavy atom. The predicted molar refractivity (Wildman–Crippen MR) is 66.2 cm³/mol. The van der Waals surface area contributed by atoms with Crippen LogP contribution in [0.15, 0.2) is 36.5 Å². The van der Waals surface area contributed by atoms with E-state index >= 15 is 0 Å². The topological polar surface area (TPSA) is 22.1 Å². The molecule has 0 aliphatic carbocycles. The fraction of sp³-hybridized carbons (Fsp3) is 0.214. The summed E-state index contributed by atoms with van der Waals surface area (Å²) < 4.78 is 81.2. The van der Waals surface area contributed by atoms with Gasteiger partial charge in [0.15, 0.2) is 0 Å². The Balaban J connectivity index is 2.55. The number of halogens is 6. The van der Waals surface area contributed by atoms with Crippen molar-refractivity contribution in [1.82, 2.24) is 4.98 Å². The molecule has 0 spiro atoms. The molecule has 0 radical (unpaired) electrons. The largest absolute Gasteiger partial charge is 0.481 e. The van der Waals surface area contributed by atoms with Gasteiger partial charge in [-0.1, -0.05) is 12.1 Å². The summed E-state index contributed by atoms with van der Waals surface area (Å²) in [5.41, 5.74) is -2.30. The van der Waals surface area contributed by atoms with Crippen LogP contribution in [0.4, 0.5) is 26.3 Å². The molecular weight excluding hydrogens is 312 g/mol. The minimum absolute atomic E-state index is 0.0129. The van der Waals surface area contributed by atoms with E-state index in [0.29, 0.717) is 6.20 Å². The Bertz CT molecular complexity index is 661. The Hall–Kier alpha value is -2.25. The molecule has 118 valence electrons. The average Bonchev–Trinajstić information content (AvgIpc) is 2.45. The summed E-state index contributed by atoms with van der Waals surface area (Å²) in [6.07, 6.45) is -8.65. The third kappa shape index (κ3) is 3.32. The van der Waals surface area contributed by atoms with Crippen molar-refractivity contribution in [2.75, 3.05) is 7.11 Å². The highest BCUT2D eigenvalue weighted by atomic mass is 19.4. The van der Waals surface area contributed by atoms with Gasteiger partial charge < -0.3 is 4.74 Å². The van der Waals surface area contributed by atoms with E-state index in [1.807, 2.05) is 0 Å². The fourth-order valence-corrected chi connectivity index (χ4v) is 1.85. The zero-order valence-electron chi connectivity index (χ0n) is 11.1. The van der Waals surface area contributed by atoms with Crippen LogP contribution in [0.2, 0.25) is 0 Å². The molecule has 1 aromatic heterocycles. The molecular formula is C14H9F6NO. The number of benzene rings is 1. The number of rotatable bonds is 2. The zero-order chi connectivity index (χ0) is 16.5. The molecule has 0 N–H and O–H groups in total. The molecule has 0 atom stereocenters. The molecule has 0 aliphatic heterocycles. The first kappa shape index (κ1) is 16.1. The molecule has 0 bridgehead atoms. The van der Waals surface area contributed by atoms with Crippen LogP contribution in [-0.2, 0) is 12.4 Å². The molecule has 0 unspecified atom stereocenters. The lowest BCUT2D eigenvalue weighted by Gasteiger charge is -2.14. The van der Waals surface area contributed by atoms with Crippen LogP contribution in [0.1, 0.15) is 11.1 Å². The molecule has 2 nitrogen and oxygen atoms in total. The lowest BCUT2D eigenvalue weighted by atomic mass is 10.00. The molecule has 8 heteroatoms. The first-order valence-electron chi connectivity index (χ1n) is 5.92. The summed E-state index contributed by atoms with van der Waals surface area (Å²) in [6, 6.07) is 4.44. The molecule has 0 aliphatic rings. The standard InChI is InChI=1S/C14H9F6NO/c1-22-12-6-10(11(7-21-12)14(18,19)20)8-2-4-9(5-3-8)13(15,16)17/h2-7H,1H3. The van der Waals surface area contributed by atoms with Crippen molar-refractivity contribution in [2.24, 2.45) is 0 Å². The van der Waals surface area contributed by atoms with Crippen LogP contribution in [0.5, 0.6) is 5.88 Å². The second-order valence-corrected chi connectivity index (χ2v) is 4.35. The Labute approximate surface area is 121 Å². The van der Waals surface area contributed by atoms with Gasteiger partial charge in [0.2, 0.25) is 5.88 Å². The molecule has 2 rings (SSSR count). The van der Waals surface area contributed by atoms with Crippen molar-refractivity contribution in [3.63, 3.8) is 0 Å². The van der Waals surface area contributed by atoms with Crippen LogP contribution in [0.3, 0.4) is 0 Å². The molecule has 1 aromatic carbocycles. The highest BCUT2D eigenvalue weighted by Crippen LogP contribution is 2.39. The fourth-order valence-electron chi connectivity index (χ4n) is 1.85. The summed E-state index contributed by atoms with van der Waals surface area (Å²) in [6.45, 7) is 0. The van der Waals surface area contributed by atoms with Crippen molar-refractivity contribution in [1.29, 1.82) is 0 Å². The molecule has 0 fully saturated rings. The summed E-state index contributed by atoms with van der Waals surface area (Å²) in [5.74, 6) is -0.0668. The second-order valence-electron chi connectivity index (χ2n) is 4.35. The lowest BCUT2D eigenvalue weighted by molar-refractivity contribution is -0.138. The number of hydrogen-bond donors (Lipinski definition) is 0. The van der Waals surface area contributed by atoms with Gasteiger partial charge in [-0.15, -0.1) is 0 Å². The first-order valence-corrected chi connectivity index (χ1v) is 5.92. The maximum absolute atomic E-state index is 13.0. The number of aromatic nitrogens is 1. The third-order valence-corrected chi connectivity index (χ3v) is 2.92. The Morgan fingerprint density at radius 3 is 1.95 bits per heavy atom. The summed E-state index contributed by atoms with van der Waals surface area (Å²) in [7, 11) is 1.23. The van der Waals surface area contributed by atoms with Crippen molar-refractivity contribution in [3.8, 4) is 17.0 Å². The molecule has 0 saturated carbocycles. The quantitative estimate of drug-likeness (QED) is 0.742. The minimum Gasteiger partial charge on any atom is -0.481 e. The van der Waals surface area contributed by atoms with Crippen molar-refractivity contribution >= 4 is 0 Å². The Morgan fingerprint density at radius 2 is 1.50 bits per heavy atom. The summed E-state index contributed by atoms with van der Waals surface area (Å²) in [5, 5.41) is 0. The van der Waals surface area contributed by atoms with Crippen molar-refractivity contribution < 1.29 is 31.1 Å². The van der Waals surface area contributed by atoms with Gasteiger partial charge in [-0.3, -0.25) is 0 Å². The van der Waals surface area contributed by atoms with E-state index in [-0.39, 0.29) is 17.0 Å². The molecule has 0 saturated heterocycles. The van der Waals surface area contributed by atoms with Crippen LogP contribution in [-0.4, -0.2) is 12.1 Å². The Kier molecular flexibility index (Phi) is 4.04. The van der Waals surface area contributed by atoms with E-state index in [4.69, 9.17) is 4.74 Å². The number of hydrogen-bond acceptors (Lipinski definition) is 2. The van der Waals surface area contributed by atoms with Gasteiger partial charge in [0, 0.05) is 17.8 Å². The highest BCUT2D eigenvalue weighted by molar-refractivity contribution is 5.69. The normalized spacial score (nSPS) is 12.3. The van der Waals surface area contributed by atoms with E-state index in [0.717, 1.165) is 30.3 Å². The molecule has 2 aromatic rings. The first-order chi connectivity index (χ1) is 10.1. The van der Waals surface area contributed by atoms with Crippen molar-refractivity contribution in [2.45, 2.75) is 12.4 Å². The molecule has 1 heterocycles. The second kappa shape index (κ2) is 5.51. The smallest absolute Gasteiger partial charge is 0.418 e. The van der Waals surface area contributed by atoms with E-state index in [2.05, 4.69) is 4.98 Å². The highest BCUT2D eigenvalue weighted by Gasteiger charge is 2.35. The van der Waals surface area contributed by atoms with Gasteiger partial charge in [0.1, 0.15) is 0 Å². The number of nitrogens with zero attached hydrogens (tertiary/aromatic N) is 1. The zero-order valence-corrected chi connectivity index (χ0v) is 11.1. The number of ether oxygens (including phenoxy) is 1. The molecule has 0 amide bonds. The van der Waals surface area contributed by atoms with Crippen LogP contribution in [0.25, 0.3) is 11.1 Å². The maximum Gasteiger partial charge on any atom is 0.418 e. The van der Waals surface area contributed by atoms with Gasteiger partial charge in [0.25, 0.3) is 0 Å². The maximum atomic E-state index is 13.0. The van der Waals surface area contributed by atoms with Gasteiger partial charge in [-0.05, 0) is 17.7 Å². The van der Waals surface area contributed by atoms with E-state index in [9.17, 15) is 26.3 Å². The van der Waals surface area contributed by atoms with Gasteiger partial charge >= 0.3 is 12.4 Å². The lowest BCUT2D eigenvalue weighted by Crippen LogP contribution is -2.09. The number of pyridine rings is 1. The van der Waals surface area contributed by atoms with Crippen LogP contribution in [0, 0.1) is 0 Å².